The highest BCUT2D eigenvalue weighted by Crippen LogP contribution is 2.29. The summed E-state index contributed by atoms with van der Waals surface area (Å²) in [7, 11) is 0. The van der Waals surface area contributed by atoms with Gasteiger partial charge in [-0.15, -0.1) is 0 Å². The molecule has 0 fully saturated rings. The van der Waals surface area contributed by atoms with Crippen LogP contribution in [0.4, 0.5) is 0 Å². The lowest BCUT2D eigenvalue weighted by Crippen LogP contribution is -2.04. The van der Waals surface area contributed by atoms with E-state index in [0.717, 1.165) is 24.0 Å². The molecule has 0 aliphatic rings. The van der Waals surface area contributed by atoms with Gasteiger partial charge in [0.1, 0.15) is 0 Å². The van der Waals surface area contributed by atoms with Crippen LogP contribution in [0.15, 0.2) is 28.9 Å². The lowest BCUT2D eigenvalue weighted by atomic mass is 10.0. The van der Waals surface area contributed by atoms with Gasteiger partial charge in [-0.05, 0) is 36.6 Å². The van der Waals surface area contributed by atoms with Crippen LogP contribution < -0.4 is 5.73 Å². The number of halogens is 1. The van der Waals surface area contributed by atoms with Gasteiger partial charge in [-0.2, -0.15) is 0 Å². The summed E-state index contributed by atoms with van der Waals surface area (Å²) in [5.74, 6) is 0.554. The molecule has 2 aromatic rings. The Morgan fingerprint density at radius 1 is 1.35 bits per heavy atom. The summed E-state index contributed by atoms with van der Waals surface area (Å²) in [6.07, 6.45) is 3.30. The number of fused-ring (bicyclic) bond motifs is 1. The van der Waals surface area contributed by atoms with Gasteiger partial charge in [-0.25, -0.2) is 0 Å². The molecule has 3 heteroatoms. The lowest BCUT2D eigenvalue weighted by Gasteiger charge is -2.03. The number of nitrogens with two attached hydrogens (primary N) is 1. The third-order valence-electron chi connectivity index (χ3n) is 3.10. The fourth-order valence-electron chi connectivity index (χ4n) is 2.20. The molecule has 0 atom stereocenters. The van der Waals surface area contributed by atoms with Gasteiger partial charge in [0, 0.05) is 28.1 Å². The Morgan fingerprint density at radius 3 is 2.76 bits per heavy atom. The molecule has 0 saturated carbocycles. The first kappa shape index (κ1) is 12.7. The van der Waals surface area contributed by atoms with Crippen molar-refractivity contribution in [1.82, 2.24) is 4.57 Å². The Balaban J connectivity index is 2.54. The van der Waals surface area contributed by atoms with Crippen molar-refractivity contribution in [3.63, 3.8) is 0 Å². The van der Waals surface area contributed by atoms with E-state index in [2.05, 4.69) is 58.7 Å². The number of nitrogens with zero attached hydrogens (tertiary/aromatic N) is 1. The maximum Gasteiger partial charge on any atom is 0.0494 e. The van der Waals surface area contributed by atoms with Gasteiger partial charge in [0.15, 0.2) is 0 Å². The van der Waals surface area contributed by atoms with Gasteiger partial charge in [0.25, 0.3) is 0 Å². The zero-order chi connectivity index (χ0) is 12.4. The van der Waals surface area contributed by atoms with Crippen molar-refractivity contribution in [1.29, 1.82) is 0 Å². The number of hydrogen-bond acceptors (Lipinski definition) is 1. The standard InChI is InChI=1S/C14H19BrN2/c1-10(2)13-9-17(7-3-6-16)14-8-11(15)4-5-12(13)14/h4-5,8-10H,3,6-7,16H2,1-2H3. The van der Waals surface area contributed by atoms with Gasteiger partial charge in [0.05, 0.1) is 0 Å². The van der Waals surface area contributed by atoms with Crippen LogP contribution in [-0.2, 0) is 6.54 Å². The molecule has 2 nitrogen and oxygen atoms in total. The summed E-state index contributed by atoms with van der Waals surface area (Å²) in [6.45, 7) is 6.22. The molecule has 1 heterocycles. The number of hydrogen-bond donors (Lipinski definition) is 1. The zero-order valence-electron chi connectivity index (χ0n) is 10.4. The molecular formula is C14H19BrN2. The van der Waals surface area contributed by atoms with Crippen LogP contribution in [0.25, 0.3) is 10.9 Å². The van der Waals surface area contributed by atoms with E-state index in [-0.39, 0.29) is 0 Å². The third-order valence-corrected chi connectivity index (χ3v) is 3.59. The molecule has 0 bridgehead atoms. The Bertz CT molecular complexity index is 514. The number of aromatic nitrogens is 1. The van der Waals surface area contributed by atoms with Crippen LogP contribution in [0.2, 0.25) is 0 Å². The van der Waals surface area contributed by atoms with Gasteiger partial charge >= 0.3 is 0 Å². The summed E-state index contributed by atoms with van der Waals surface area (Å²) in [5, 5.41) is 1.36. The summed E-state index contributed by atoms with van der Waals surface area (Å²) >= 11 is 3.54. The molecule has 92 valence electrons. The smallest absolute Gasteiger partial charge is 0.0494 e. The quantitative estimate of drug-likeness (QED) is 0.912. The molecule has 2 rings (SSSR count). The minimum Gasteiger partial charge on any atom is -0.347 e. The van der Waals surface area contributed by atoms with Crippen LogP contribution in [0.3, 0.4) is 0 Å². The first-order valence-electron chi connectivity index (χ1n) is 6.12. The second kappa shape index (κ2) is 5.23. The van der Waals surface area contributed by atoms with Gasteiger partial charge in [-0.3, -0.25) is 0 Å². The molecule has 1 aromatic heterocycles. The average molecular weight is 295 g/mol. The first-order valence-corrected chi connectivity index (χ1v) is 6.91. The van der Waals surface area contributed by atoms with Crippen molar-refractivity contribution in [2.75, 3.05) is 6.54 Å². The highest BCUT2D eigenvalue weighted by Gasteiger charge is 2.11. The summed E-state index contributed by atoms with van der Waals surface area (Å²) in [5.41, 5.74) is 8.32. The van der Waals surface area contributed by atoms with Crippen LogP contribution in [0, 0.1) is 0 Å². The third kappa shape index (κ3) is 2.55. The van der Waals surface area contributed by atoms with E-state index in [9.17, 15) is 0 Å². The van der Waals surface area contributed by atoms with Gasteiger partial charge < -0.3 is 10.3 Å². The fourth-order valence-corrected chi connectivity index (χ4v) is 2.55. The van der Waals surface area contributed by atoms with Crippen molar-refractivity contribution in [2.45, 2.75) is 32.7 Å². The van der Waals surface area contributed by atoms with E-state index in [4.69, 9.17) is 5.73 Å². The predicted octanol–water partition coefficient (Wildman–Crippen LogP) is 3.88. The van der Waals surface area contributed by atoms with E-state index in [0.29, 0.717) is 5.92 Å². The highest BCUT2D eigenvalue weighted by molar-refractivity contribution is 9.10. The lowest BCUT2D eigenvalue weighted by molar-refractivity contribution is 0.666. The second-order valence-corrected chi connectivity index (χ2v) is 5.65. The molecular weight excluding hydrogens is 276 g/mol. The zero-order valence-corrected chi connectivity index (χ0v) is 12.0. The molecule has 0 saturated heterocycles. The van der Waals surface area contributed by atoms with Crippen molar-refractivity contribution < 1.29 is 0 Å². The fraction of sp³-hybridized carbons (Fsp3) is 0.429. The van der Waals surface area contributed by atoms with Crippen molar-refractivity contribution >= 4 is 26.8 Å². The second-order valence-electron chi connectivity index (χ2n) is 4.74. The SMILES string of the molecule is CC(C)c1cn(CCCN)c2cc(Br)ccc12. The first-order chi connectivity index (χ1) is 8.13. The van der Waals surface area contributed by atoms with Crippen LogP contribution >= 0.6 is 15.9 Å². The predicted molar refractivity (Wildman–Crippen MR) is 77.4 cm³/mol. The maximum absolute atomic E-state index is 5.59. The summed E-state index contributed by atoms with van der Waals surface area (Å²) in [4.78, 5) is 0. The molecule has 17 heavy (non-hydrogen) atoms. The Hall–Kier alpha value is -0.800. The Labute approximate surface area is 111 Å². The van der Waals surface area contributed by atoms with Crippen molar-refractivity contribution in [2.24, 2.45) is 5.73 Å². The molecule has 0 spiro atoms. The molecule has 0 aliphatic carbocycles. The van der Waals surface area contributed by atoms with Gasteiger partial charge in [0.2, 0.25) is 0 Å². The monoisotopic (exact) mass is 294 g/mol. The molecule has 0 aliphatic heterocycles. The minimum absolute atomic E-state index is 0.554. The van der Waals surface area contributed by atoms with E-state index < -0.39 is 0 Å². The highest BCUT2D eigenvalue weighted by atomic mass is 79.9. The normalized spacial score (nSPS) is 11.6. The average Bonchev–Trinajstić information content (AvgIpc) is 2.64. The van der Waals surface area contributed by atoms with Crippen LogP contribution in [-0.4, -0.2) is 11.1 Å². The van der Waals surface area contributed by atoms with Crippen molar-refractivity contribution in [3.8, 4) is 0 Å². The van der Waals surface area contributed by atoms with Gasteiger partial charge in [-0.1, -0.05) is 35.8 Å². The molecule has 0 radical (unpaired) electrons. The molecule has 2 N–H and O–H groups in total. The number of aryl methyl sites for hydroxylation is 1. The maximum atomic E-state index is 5.59. The molecule has 0 unspecified atom stereocenters. The van der Waals surface area contributed by atoms with Crippen LogP contribution in [0.5, 0.6) is 0 Å². The van der Waals surface area contributed by atoms with Crippen molar-refractivity contribution in [3.05, 3.63) is 34.4 Å². The van der Waals surface area contributed by atoms with E-state index in [1.54, 1.807) is 0 Å². The van der Waals surface area contributed by atoms with Crippen LogP contribution in [0.1, 0.15) is 31.7 Å². The number of benzene rings is 1. The molecule has 1 aromatic carbocycles. The largest absolute Gasteiger partial charge is 0.347 e. The minimum atomic E-state index is 0.554. The van der Waals surface area contributed by atoms with E-state index >= 15 is 0 Å². The Kier molecular flexibility index (Phi) is 3.89. The summed E-state index contributed by atoms with van der Waals surface area (Å²) in [6, 6.07) is 6.51. The van der Waals surface area contributed by atoms with E-state index in [1.807, 2.05) is 0 Å². The number of rotatable bonds is 4. The summed E-state index contributed by atoms with van der Waals surface area (Å²) < 4.78 is 3.45. The molecule has 0 amide bonds. The topological polar surface area (TPSA) is 30.9 Å². The Morgan fingerprint density at radius 2 is 2.12 bits per heavy atom. The van der Waals surface area contributed by atoms with E-state index in [1.165, 1.54) is 16.5 Å².